The third kappa shape index (κ3) is 4.09. The molecule has 0 aliphatic carbocycles. The lowest BCUT2D eigenvalue weighted by Gasteiger charge is -2.35. The largest absolute Gasteiger partial charge is 0.456 e. The minimum Gasteiger partial charge on any atom is -0.456 e. The van der Waals surface area contributed by atoms with Gasteiger partial charge in [-0.2, -0.15) is 0 Å². The number of carbonyl (C=O) groups is 1. The third-order valence-electron chi connectivity index (χ3n) is 6.63. The van der Waals surface area contributed by atoms with Crippen LogP contribution < -0.4 is 10.3 Å². The molecule has 7 nitrogen and oxygen atoms in total. The van der Waals surface area contributed by atoms with E-state index in [-0.39, 0.29) is 11.3 Å². The highest BCUT2D eigenvalue weighted by atomic mass is 16.3. The average molecular weight is 477 g/mol. The highest BCUT2D eigenvalue weighted by molar-refractivity contribution is 5.95. The molecule has 0 saturated carbocycles. The highest BCUT2D eigenvalue weighted by Crippen LogP contribution is 2.24. The molecule has 3 heterocycles. The second kappa shape index (κ2) is 8.92. The van der Waals surface area contributed by atoms with Crippen LogP contribution in [0.1, 0.15) is 15.9 Å². The van der Waals surface area contributed by atoms with Crippen LogP contribution in [0, 0.1) is 6.92 Å². The molecule has 7 heteroatoms. The topological polar surface area (TPSA) is 79.5 Å². The summed E-state index contributed by atoms with van der Waals surface area (Å²) in [7, 11) is 0. The first-order valence-electron chi connectivity index (χ1n) is 12.0. The minimum atomic E-state index is -0.0796. The number of aryl methyl sites for hydroxylation is 1. The van der Waals surface area contributed by atoms with Gasteiger partial charge in [0.05, 0.1) is 22.6 Å². The second-order valence-electron chi connectivity index (χ2n) is 9.05. The van der Waals surface area contributed by atoms with Crippen LogP contribution in [0.4, 0.5) is 5.82 Å². The molecule has 1 aliphatic heterocycles. The first-order chi connectivity index (χ1) is 17.5. The van der Waals surface area contributed by atoms with E-state index in [9.17, 15) is 9.59 Å². The summed E-state index contributed by atoms with van der Waals surface area (Å²) in [6.45, 7) is 4.54. The Bertz CT molecular complexity index is 1650. The van der Waals surface area contributed by atoms with Gasteiger partial charge in [-0.05, 0) is 43.3 Å². The van der Waals surface area contributed by atoms with Crippen molar-refractivity contribution in [2.24, 2.45) is 0 Å². The lowest BCUT2D eigenvalue weighted by atomic mass is 10.1. The van der Waals surface area contributed by atoms with E-state index in [1.807, 2.05) is 66.4 Å². The summed E-state index contributed by atoms with van der Waals surface area (Å²) < 4.78 is 5.97. The summed E-state index contributed by atoms with van der Waals surface area (Å²) in [5.41, 5.74) is 4.59. The molecular formula is C29H24N4O3. The van der Waals surface area contributed by atoms with Crippen LogP contribution in [0.25, 0.3) is 33.3 Å². The number of hydrogen-bond donors (Lipinski definition) is 0. The standard InChI is InChI=1S/C29H24N4O3/c1-19-6-11-26-22(16-19)25(34)17-27(36-26)20-7-9-21(10-8-20)29(35)33-14-12-32(13-15-33)28-18-30-23-4-2-3-5-24(23)31-28/h2-11,16-18H,12-15H2,1H3. The van der Waals surface area contributed by atoms with Crippen molar-refractivity contribution in [3.05, 3.63) is 100 Å². The van der Waals surface area contributed by atoms with Gasteiger partial charge in [0.1, 0.15) is 17.2 Å². The molecule has 0 N–H and O–H groups in total. The number of benzene rings is 3. The van der Waals surface area contributed by atoms with Crippen LogP contribution in [0.3, 0.4) is 0 Å². The molecule has 1 amide bonds. The molecular weight excluding hydrogens is 452 g/mol. The number of rotatable bonds is 3. The molecule has 36 heavy (non-hydrogen) atoms. The number of amides is 1. The number of aromatic nitrogens is 2. The quantitative estimate of drug-likeness (QED) is 0.376. The number of anilines is 1. The van der Waals surface area contributed by atoms with Crippen LogP contribution in [0.15, 0.2) is 88.2 Å². The zero-order valence-electron chi connectivity index (χ0n) is 19.8. The molecule has 2 aromatic heterocycles. The fourth-order valence-corrected chi connectivity index (χ4v) is 4.61. The molecule has 3 aromatic carbocycles. The molecule has 1 aliphatic rings. The van der Waals surface area contributed by atoms with Crippen molar-refractivity contribution in [2.45, 2.75) is 6.92 Å². The fourth-order valence-electron chi connectivity index (χ4n) is 4.61. The Morgan fingerprint density at radius 3 is 2.42 bits per heavy atom. The number of nitrogens with zero attached hydrogens (tertiary/aromatic N) is 4. The summed E-state index contributed by atoms with van der Waals surface area (Å²) >= 11 is 0. The van der Waals surface area contributed by atoms with Crippen molar-refractivity contribution in [3.63, 3.8) is 0 Å². The normalized spacial score (nSPS) is 13.9. The first kappa shape index (κ1) is 22.0. The summed E-state index contributed by atoms with van der Waals surface area (Å²) in [4.78, 5) is 39.0. The number of para-hydroxylation sites is 2. The summed E-state index contributed by atoms with van der Waals surface area (Å²) in [6.07, 6.45) is 1.80. The van der Waals surface area contributed by atoms with E-state index in [2.05, 4.69) is 9.88 Å². The van der Waals surface area contributed by atoms with Gasteiger partial charge in [0, 0.05) is 43.4 Å². The number of fused-ring (bicyclic) bond motifs is 2. The Hall–Kier alpha value is -4.52. The fraction of sp³-hybridized carbons (Fsp3) is 0.172. The molecule has 178 valence electrons. The molecule has 0 atom stereocenters. The predicted octanol–water partition coefficient (Wildman–Crippen LogP) is 4.67. The van der Waals surface area contributed by atoms with Gasteiger partial charge in [0.15, 0.2) is 5.43 Å². The van der Waals surface area contributed by atoms with Crippen molar-refractivity contribution in [3.8, 4) is 11.3 Å². The van der Waals surface area contributed by atoms with E-state index in [0.717, 1.165) is 28.0 Å². The van der Waals surface area contributed by atoms with Gasteiger partial charge in [-0.3, -0.25) is 14.6 Å². The van der Waals surface area contributed by atoms with Gasteiger partial charge >= 0.3 is 0 Å². The summed E-state index contributed by atoms with van der Waals surface area (Å²) in [5.74, 6) is 1.30. The van der Waals surface area contributed by atoms with Crippen LogP contribution in [0.5, 0.6) is 0 Å². The molecule has 0 unspecified atom stereocenters. The third-order valence-corrected chi connectivity index (χ3v) is 6.63. The van der Waals surface area contributed by atoms with Crippen molar-refractivity contribution >= 4 is 33.7 Å². The monoisotopic (exact) mass is 476 g/mol. The van der Waals surface area contributed by atoms with Crippen LogP contribution in [0.2, 0.25) is 0 Å². The van der Waals surface area contributed by atoms with Gasteiger partial charge in [-0.1, -0.05) is 35.9 Å². The van der Waals surface area contributed by atoms with Gasteiger partial charge in [-0.25, -0.2) is 4.98 Å². The maximum absolute atomic E-state index is 13.1. The minimum absolute atomic E-state index is 0.0127. The summed E-state index contributed by atoms with van der Waals surface area (Å²) in [6, 6.07) is 22.1. The Kier molecular flexibility index (Phi) is 5.45. The lowest BCUT2D eigenvalue weighted by molar-refractivity contribution is 0.0746. The van der Waals surface area contributed by atoms with E-state index in [4.69, 9.17) is 9.40 Å². The van der Waals surface area contributed by atoms with Crippen LogP contribution in [-0.4, -0.2) is 47.0 Å². The van der Waals surface area contributed by atoms with E-state index < -0.39 is 0 Å². The Balaban J connectivity index is 1.15. The molecule has 0 radical (unpaired) electrons. The van der Waals surface area contributed by atoms with Crippen molar-refractivity contribution in [1.82, 2.24) is 14.9 Å². The molecule has 0 spiro atoms. The molecule has 5 aromatic rings. The molecule has 1 fully saturated rings. The van der Waals surface area contributed by atoms with Crippen molar-refractivity contribution in [2.75, 3.05) is 31.1 Å². The van der Waals surface area contributed by atoms with E-state index in [1.165, 1.54) is 6.07 Å². The zero-order valence-corrected chi connectivity index (χ0v) is 19.8. The lowest BCUT2D eigenvalue weighted by Crippen LogP contribution is -2.49. The van der Waals surface area contributed by atoms with Crippen molar-refractivity contribution < 1.29 is 9.21 Å². The molecule has 0 bridgehead atoms. The number of piperazine rings is 1. The predicted molar refractivity (Wildman–Crippen MR) is 140 cm³/mol. The second-order valence-corrected chi connectivity index (χ2v) is 9.05. The Morgan fingerprint density at radius 2 is 1.64 bits per heavy atom. The Labute approximate surface area is 207 Å². The zero-order chi connectivity index (χ0) is 24.6. The van der Waals surface area contributed by atoms with E-state index in [1.54, 1.807) is 18.3 Å². The maximum Gasteiger partial charge on any atom is 0.253 e. The average Bonchev–Trinajstić information content (AvgIpc) is 2.93. The highest BCUT2D eigenvalue weighted by Gasteiger charge is 2.23. The van der Waals surface area contributed by atoms with E-state index >= 15 is 0 Å². The van der Waals surface area contributed by atoms with Gasteiger partial charge in [0.2, 0.25) is 0 Å². The first-order valence-corrected chi connectivity index (χ1v) is 12.0. The smallest absolute Gasteiger partial charge is 0.253 e. The number of hydrogen-bond acceptors (Lipinski definition) is 6. The van der Waals surface area contributed by atoms with Gasteiger partial charge < -0.3 is 14.2 Å². The van der Waals surface area contributed by atoms with Crippen LogP contribution in [-0.2, 0) is 0 Å². The SMILES string of the molecule is Cc1ccc2oc(-c3ccc(C(=O)N4CCN(c5cnc6ccccc6n5)CC4)cc3)cc(=O)c2c1. The maximum atomic E-state index is 13.1. The Morgan fingerprint density at radius 1 is 0.889 bits per heavy atom. The summed E-state index contributed by atoms with van der Waals surface area (Å²) in [5, 5.41) is 0.569. The van der Waals surface area contributed by atoms with Gasteiger partial charge in [-0.15, -0.1) is 0 Å². The van der Waals surface area contributed by atoms with Gasteiger partial charge in [0.25, 0.3) is 5.91 Å². The number of carbonyl (C=O) groups excluding carboxylic acids is 1. The molecule has 6 rings (SSSR count). The van der Waals surface area contributed by atoms with Crippen molar-refractivity contribution in [1.29, 1.82) is 0 Å². The van der Waals surface area contributed by atoms with E-state index in [0.29, 0.717) is 48.5 Å². The molecule has 1 saturated heterocycles. The van der Waals surface area contributed by atoms with Crippen LogP contribution >= 0.6 is 0 Å².